The number of hydrogen-bond donors (Lipinski definition) is 8. The fourth-order valence-corrected chi connectivity index (χ4v) is 12.1. The van der Waals surface area contributed by atoms with Crippen molar-refractivity contribution < 1.29 is 39.6 Å². The first-order valence-corrected chi connectivity index (χ1v) is 33.0. The summed E-state index contributed by atoms with van der Waals surface area (Å²) in [6.07, 6.45) is 14.3. The summed E-state index contributed by atoms with van der Waals surface area (Å²) in [7, 11) is 0. The molecule has 500 valence electrons. The number of pyridine rings is 4. The molecule has 0 aliphatic heterocycles. The zero-order valence-electron chi connectivity index (χ0n) is 54.1. The summed E-state index contributed by atoms with van der Waals surface area (Å²) >= 11 is 24.0. The van der Waals surface area contributed by atoms with Crippen molar-refractivity contribution in [3.63, 3.8) is 0 Å². The van der Waals surface area contributed by atoms with Crippen molar-refractivity contribution in [1.82, 2.24) is 39.9 Å². The van der Waals surface area contributed by atoms with E-state index in [1.165, 1.54) is 22.3 Å². The number of nitrogens with one attached hydrogen (secondary N) is 4. The van der Waals surface area contributed by atoms with E-state index >= 15 is 0 Å². The lowest BCUT2D eigenvalue weighted by atomic mass is 10.00. The normalized spacial score (nSPS) is 12.2. The van der Waals surface area contributed by atoms with Gasteiger partial charge in [-0.1, -0.05) is 94.9 Å². The highest BCUT2D eigenvalue weighted by Crippen LogP contribution is 2.35. The van der Waals surface area contributed by atoms with Crippen molar-refractivity contribution >= 4 is 158 Å². The van der Waals surface area contributed by atoms with Gasteiger partial charge in [-0.3, -0.25) is 39.1 Å². The molecule has 0 spiro atoms. The summed E-state index contributed by atoms with van der Waals surface area (Å²) in [6, 6.07) is 61.3. The van der Waals surface area contributed by atoms with Gasteiger partial charge in [0.05, 0.1) is 23.7 Å². The molecular weight excluding hydrogens is 1340 g/mol. The quantitative estimate of drug-likeness (QED) is 0.0636. The van der Waals surface area contributed by atoms with Crippen molar-refractivity contribution in [2.24, 2.45) is 0 Å². The number of fused-ring (bicyclic) bond motifs is 12. The van der Waals surface area contributed by atoms with E-state index in [9.17, 15) is 19.2 Å². The molecule has 16 aromatic rings. The molecule has 0 saturated carbocycles. The Morgan fingerprint density at radius 2 is 0.450 bits per heavy atom. The van der Waals surface area contributed by atoms with Crippen LogP contribution in [0.3, 0.4) is 0 Å². The van der Waals surface area contributed by atoms with Crippen LogP contribution in [0.5, 0.6) is 0 Å². The van der Waals surface area contributed by atoms with Crippen LogP contribution in [-0.2, 0) is 19.2 Å². The van der Waals surface area contributed by atoms with Crippen LogP contribution in [0.1, 0.15) is 73.6 Å². The lowest BCUT2D eigenvalue weighted by Crippen LogP contribution is -2.06. The molecule has 8 heterocycles. The van der Waals surface area contributed by atoms with Crippen LogP contribution >= 0.6 is 46.4 Å². The zero-order chi connectivity index (χ0) is 70.7. The zero-order valence-corrected chi connectivity index (χ0v) is 57.1. The Balaban J connectivity index is 0.000000122. The maximum atomic E-state index is 11.0. The fraction of sp³-hybridized carbons (Fsp3) is 0.100. The van der Waals surface area contributed by atoms with Gasteiger partial charge in [0, 0.05) is 157 Å². The molecule has 8 aromatic heterocycles. The van der Waals surface area contributed by atoms with Crippen LogP contribution < -0.4 is 0 Å². The maximum absolute atomic E-state index is 11.0. The van der Waals surface area contributed by atoms with Gasteiger partial charge in [-0.2, -0.15) is 0 Å². The maximum Gasteiger partial charge on any atom is 0.310 e. The van der Waals surface area contributed by atoms with Crippen LogP contribution in [0.2, 0.25) is 20.1 Å². The highest BCUT2D eigenvalue weighted by Gasteiger charge is 2.19. The molecule has 16 nitrogen and oxygen atoms in total. The summed E-state index contributed by atoms with van der Waals surface area (Å²) < 4.78 is 0. The van der Waals surface area contributed by atoms with Gasteiger partial charge >= 0.3 is 23.9 Å². The van der Waals surface area contributed by atoms with Crippen molar-refractivity contribution in [1.29, 1.82) is 0 Å². The third-order valence-electron chi connectivity index (χ3n) is 17.2. The second-order valence-corrected chi connectivity index (χ2v) is 25.4. The van der Waals surface area contributed by atoms with Crippen LogP contribution in [0.4, 0.5) is 0 Å². The number of benzene rings is 8. The number of aromatic amines is 4. The van der Waals surface area contributed by atoms with E-state index in [0.717, 1.165) is 109 Å². The van der Waals surface area contributed by atoms with Crippen LogP contribution in [-0.4, -0.2) is 84.2 Å². The Kier molecular flexibility index (Phi) is 22.0. The Morgan fingerprint density at radius 3 is 0.630 bits per heavy atom. The van der Waals surface area contributed by atoms with E-state index < -0.39 is 47.5 Å². The average Bonchev–Trinajstić information content (AvgIpc) is 1.65. The van der Waals surface area contributed by atoms with Crippen LogP contribution in [0.15, 0.2) is 244 Å². The van der Waals surface area contributed by atoms with E-state index in [2.05, 4.69) is 39.9 Å². The van der Waals surface area contributed by atoms with Gasteiger partial charge in [0.2, 0.25) is 0 Å². The monoisotopic (exact) mass is 1400 g/mol. The number of aliphatic carboxylic acids is 4. The summed E-state index contributed by atoms with van der Waals surface area (Å²) in [5, 5.41) is 47.4. The van der Waals surface area contributed by atoms with Gasteiger partial charge in [0.25, 0.3) is 0 Å². The predicted molar refractivity (Wildman–Crippen MR) is 402 cm³/mol. The van der Waals surface area contributed by atoms with Crippen molar-refractivity contribution in [3.8, 4) is 22.3 Å². The molecule has 0 bridgehead atoms. The van der Waals surface area contributed by atoms with Gasteiger partial charge in [-0.05, 0) is 218 Å². The molecule has 0 aliphatic rings. The average molecular weight is 1410 g/mol. The highest BCUT2D eigenvalue weighted by atomic mass is 35.5. The Bertz CT molecular complexity index is 4920. The van der Waals surface area contributed by atoms with E-state index in [1.807, 2.05) is 194 Å². The largest absolute Gasteiger partial charge is 0.481 e. The lowest BCUT2D eigenvalue weighted by molar-refractivity contribution is -0.139. The summed E-state index contributed by atoms with van der Waals surface area (Å²) in [6.45, 7) is 6.73. The molecular formula is C80H64Cl4N8O8. The molecule has 0 amide bonds. The summed E-state index contributed by atoms with van der Waals surface area (Å²) in [5.41, 5.74) is 15.6. The number of rotatable bonds is 10. The van der Waals surface area contributed by atoms with E-state index in [4.69, 9.17) is 66.8 Å². The first-order valence-electron chi connectivity index (χ1n) is 31.5. The number of carbonyl (C=O) groups is 4. The number of carboxylic acids is 4. The van der Waals surface area contributed by atoms with E-state index in [1.54, 1.807) is 77.3 Å². The van der Waals surface area contributed by atoms with Gasteiger partial charge in [-0.15, -0.1) is 0 Å². The SMILES string of the molecule is C[C@@H](C(=O)O)c1ccc2c(c1)[nH]c1ccc(Cl)cc12.C[C@@H](C(=O)O)c1ccc2c(c1)[nH]c1ccc(Cl)cc12.C[C@H](C(=O)O)c1ccc2c(c1)[nH]c1ccc(Cl)cc12.C[C@H](C(=O)O)c1ccc2c(c1)[nH]c1ccc(Cl)cc12.c1cc(-c2ccncc2)ccn1.c1cc(-c2ccncc2)ccn1. The lowest BCUT2D eigenvalue weighted by Gasteiger charge is -2.06. The van der Waals surface area contributed by atoms with Crippen molar-refractivity contribution in [2.45, 2.75) is 51.4 Å². The van der Waals surface area contributed by atoms with Gasteiger partial charge < -0.3 is 40.4 Å². The number of halogens is 4. The predicted octanol–water partition coefficient (Wildman–Crippen LogP) is 20.9. The number of carboxylic acid groups (broad SMARTS) is 4. The third-order valence-corrected chi connectivity index (χ3v) is 18.1. The second kappa shape index (κ2) is 31.4. The van der Waals surface area contributed by atoms with Gasteiger partial charge in [-0.25, -0.2) is 0 Å². The fourth-order valence-electron chi connectivity index (χ4n) is 11.4. The smallest absolute Gasteiger partial charge is 0.310 e. The summed E-state index contributed by atoms with van der Waals surface area (Å²) in [5.74, 6) is -5.34. The minimum atomic E-state index is -0.821. The molecule has 0 radical (unpaired) electrons. The van der Waals surface area contributed by atoms with E-state index in [0.29, 0.717) is 20.1 Å². The van der Waals surface area contributed by atoms with Gasteiger partial charge in [0.15, 0.2) is 0 Å². The summed E-state index contributed by atoms with van der Waals surface area (Å²) in [4.78, 5) is 73.1. The number of hydrogen-bond acceptors (Lipinski definition) is 8. The molecule has 0 fully saturated rings. The molecule has 8 N–H and O–H groups in total. The van der Waals surface area contributed by atoms with Crippen molar-refractivity contribution in [2.75, 3.05) is 0 Å². The second-order valence-electron chi connectivity index (χ2n) is 23.7. The number of H-pyrrole nitrogens is 4. The molecule has 0 aliphatic carbocycles. The third kappa shape index (κ3) is 16.4. The molecule has 0 saturated heterocycles. The van der Waals surface area contributed by atoms with Crippen molar-refractivity contribution in [3.05, 3.63) is 286 Å². The highest BCUT2D eigenvalue weighted by molar-refractivity contribution is 6.33. The molecule has 16 rings (SSSR count). The molecule has 0 unspecified atom stereocenters. The minimum absolute atomic E-state index is 0.514. The topological polar surface area (TPSA) is 264 Å². The molecule has 8 aromatic carbocycles. The Labute approximate surface area is 592 Å². The minimum Gasteiger partial charge on any atom is -0.481 e. The Hall–Kier alpha value is -11.4. The molecule has 20 heteroatoms. The molecule has 4 atom stereocenters. The first kappa shape index (κ1) is 69.9. The van der Waals surface area contributed by atoms with Gasteiger partial charge in [0.1, 0.15) is 0 Å². The van der Waals surface area contributed by atoms with Crippen LogP contribution in [0, 0.1) is 0 Å². The Morgan fingerprint density at radius 1 is 0.260 bits per heavy atom. The standard InChI is InChI=1S/4C15H12ClNO2.2C10H8N2/c4*1-8(15(18)19)9-2-4-11-12-7-10(16)3-5-13(12)17-14(11)6-9;2*1-5-11-6-2-9(1)10-3-7-12-8-4-10/h4*2-8,17H,1H3,(H,18,19);2*1-8H/t4*8-;;/m1100../s1. The van der Waals surface area contributed by atoms with Crippen LogP contribution in [0.25, 0.3) is 109 Å². The van der Waals surface area contributed by atoms with E-state index in [-0.39, 0.29) is 0 Å². The number of aromatic nitrogens is 8. The first-order chi connectivity index (χ1) is 48.2. The number of nitrogens with zero attached hydrogens (tertiary/aromatic N) is 4. The molecule has 100 heavy (non-hydrogen) atoms.